The zero-order valence-electron chi connectivity index (χ0n) is 36.6. The van der Waals surface area contributed by atoms with Gasteiger partial charge in [-0.2, -0.15) is 0 Å². The number of esters is 1. The van der Waals surface area contributed by atoms with Crippen LogP contribution in [0.5, 0.6) is 0 Å². The van der Waals surface area contributed by atoms with E-state index in [1.165, 1.54) is 90.3 Å². The summed E-state index contributed by atoms with van der Waals surface area (Å²) in [6.07, 6.45) is 16.6. The Hall–Kier alpha value is -2.63. The first kappa shape index (κ1) is 51.5. The first-order valence-electron chi connectivity index (χ1n) is 20.8. The largest absolute Gasteiger partial charge is 0.469 e. The van der Waals surface area contributed by atoms with Crippen LogP contribution in [0.2, 0.25) is 19.0 Å². The molecule has 0 N–H and O–H groups in total. The molecule has 3 aromatic carbocycles. The summed E-state index contributed by atoms with van der Waals surface area (Å²) in [4.78, 5) is 20.3. The van der Waals surface area contributed by atoms with Gasteiger partial charge in [0, 0.05) is 68.3 Å². The summed E-state index contributed by atoms with van der Waals surface area (Å²) >= 11 is 0. The molecule has 7 heteroatoms. The van der Waals surface area contributed by atoms with E-state index in [1.807, 2.05) is 6.92 Å². The Kier molecular flexibility index (Phi) is 20.3. The van der Waals surface area contributed by atoms with Crippen molar-refractivity contribution in [2.45, 2.75) is 162 Å². The predicted molar refractivity (Wildman–Crippen MR) is 248 cm³/mol. The molecule has 3 atom stereocenters. The molecule has 3 nitrogen and oxygen atoms in total. The van der Waals surface area contributed by atoms with E-state index in [0.29, 0.717) is 17.3 Å². The molecule has 4 aliphatic rings. The van der Waals surface area contributed by atoms with Crippen LogP contribution in [0.25, 0.3) is 0 Å². The van der Waals surface area contributed by atoms with Gasteiger partial charge in [-0.1, -0.05) is 183 Å². The number of benzene rings is 3. The SMILES string of the molecule is C.C#CC(C)c1ccc2c(c1)C(C)(C)C[B]2.CC(C#CC1CCCCC1)c1ccc2c(c1)C(C)(C)C[B]2.CC(C=O)c1ccc2c(c1)C(C)(C)C[B]2.COC(C)=O.[Ar]. The van der Waals surface area contributed by atoms with E-state index in [4.69, 9.17) is 6.42 Å². The molecular weight excluding hydrogens is 733 g/mol. The fraction of sp³-hybridized carbons (Fsp3) is 0.529. The van der Waals surface area contributed by atoms with Crippen LogP contribution in [0.3, 0.4) is 0 Å². The van der Waals surface area contributed by atoms with E-state index in [9.17, 15) is 9.59 Å². The number of rotatable bonds is 4. The van der Waals surface area contributed by atoms with Crippen molar-refractivity contribution in [2.24, 2.45) is 5.92 Å². The van der Waals surface area contributed by atoms with Gasteiger partial charge in [0.2, 0.25) is 0 Å². The summed E-state index contributed by atoms with van der Waals surface area (Å²) in [5.74, 6) is 10.9. The Bertz CT molecular complexity index is 1940. The average Bonchev–Trinajstić information content (AvgIpc) is 3.80. The van der Waals surface area contributed by atoms with E-state index in [1.54, 1.807) is 0 Å². The van der Waals surface area contributed by atoms with Gasteiger partial charge in [-0.3, -0.25) is 4.79 Å². The number of methoxy groups -OCH3 is 1. The van der Waals surface area contributed by atoms with Crippen LogP contribution in [0.1, 0.15) is 160 Å². The van der Waals surface area contributed by atoms with Gasteiger partial charge in [0.25, 0.3) is 0 Å². The van der Waals surface area contributed by atoms with Crippen LogP contribution in [-0.2, 0) is 30.6 Å². The van der Waals surface area contributed by atoms with E-state index >= 15 is 0 Å². The van der Waals surface area contributed by atoms with Crippen molar-refractivity contribution < 1.29 is 52.1 Å². The van der Waals surface area contributed by atoms with Gasteiger partial charge in [-0.15, -0.1) is 6.42 Å². The number of ether oxygens (including phenoxy) is 1. The Labute approximate surface area is 386 Å². The summed E-state index contributed by atoms with van der Waals surface area (Å²) in [5.41, 5.74) is 13.1. The van der Waals surface area contributed by atoms with Crippen molar-refractivity contribution in [1.82, 2.24) is 0 Å². The number of aldehydes is 1. The zero-order valence-corrected chi connectivity index (χ0v) is 37.3. The molecular formula is C51H68ArB3O3. The molecule has 58 heavy (non-hydrogen) atoms. The van der Waals surface area contributed by atoms with E-state index in [0.717, 1.165) is 30.8 Å². The third-order valence-corrected chi connectivity index (χ3v) is 12.3. The minimum Gasteiger partial charge on any atom is -0.469 e. The number of hydrogen-bond acceptors (Lipinski definition) is 3. The van der Waals surface area contributed by atoms with Crippen molar-refractivity contribution in [3.05, 3.63) is 88.0 Å². The molecule has 3 unspecified atom stereocenters. The monoisotopic (exact) mass is 802 g/mol. The zero-order chi connectivity index (χ0) is 41.3. The van der Waals surface area contributed by atoms with Crippen LogP contribution >= 0.6 is 0 Å². The topological polar surface area (TPSA) is 43.4 Å². The molecule has 1 saturated carbocycles. The summed E-state index contributed by atoms with van der Waals surface area (Å²) in [6, 6.07) is 20.0. The fourth-order valence-corrected chi connectivity index (χ4v) is 8.01. The van der Waals surface area contributed by atoms with Gasteiger partial charge in [-0.05, 0) is 76.3 Å². The quantitative estimate of drug-likeness (QED) is 0.114. The maximum atomic E-state index is 10.8. The van der Waals surface area contributed by atoms with Crippen LogP contribution in [0.15, 0.2) is 54.6 Å². The maximum Gasteiger partial charge on any atom is 0.302 e. The molecule has 0 aromatic heterocycles. The van der Waals surface area contributed by atoms with Crippen LogP contribution in [-0.4, -0.2) is 41.2 Å². The number of hydrogen-bond donors (Lipinski definition) is 0. The second-order valence-electron chi connectivity index (χ2n) is 18.3. The Morgan fingerprint density at radius 2 is 1.10 bits per heavy atom. The number of carbonyl (C=O) groups excluding carboxylic acids is 2. The first-order valence-corrected chi connectivity index (χ1v) is 20.8. The minimum atomic E-state index is -0.245. The first-order chi connectivity index (χ1) is 26.4. The second kappa shape index (κ2) is 22.8. The Morgan fingerprint density at radius 1 is 0.724 bits per heavy atom. The molecule has 1 aliphatic carbocycles. The molecule has 0 spiro atoms. The van der Waals surface area contributed by atoms with Crippen molar-refractivity contribution >= 4 is 50.5 Å². The standard InChI is InChI=1S/C20H26B.C14H16B.C13H16BO.C3H6O2.CH4.Ar/c1-15(9-10-16-7-5-4-6-8-16)17-11-12-19-18(13-17)20(2,3)14-21-19;1-5-10(2)11-6-7-13-12(8-11)14(3,4)9-15-13;1-9(7-15)10-4-5-12-11(6-10)13(2,3)8-14-12;1-3(4)5-2;;/h11-13,15-16H,4-8,14H2,1-3H3;1,6-8,10H,9H2,2-4H3;4-7,9H,8H2,1-3H3;1-2H3;1H4;. The van der Waals surface area contributed by atoms with Crippen molar-refractivity contribution in [2.75, 3.05) is 7.11 Å². The van der Waals surface area contributed by atoms with E-state index < -0.39 is 0 Å². The number of carbonyl (C=O) groups is 2. The summed E-state index contributed by atoms with van der Waals surface area (Å²) in [6.45, 7) is 21.4. The molecule has 307 valence electrons. The number of terminal acetylenes is 1. The predicted octanol–water partition coefficient (Wildman–Crippen LogP) is 9.72. The summed E-state index contributed by atoms with van der Waals surface area (Å²) in [5, 5.41) is 0. The van der Waals surface area contributed by atoms with E-state index in [-0.39, 0.29) is 73.8 Å². The van der Waals surface area contributed by atoms with Gasteiger partial charge in [0.1, 0.15) is 6.29 Å². The normalized spacial score (nSPS) is 18.3. The van der Waals surface area contributed by atoms with Gasteiger partial charge >= 0.3 is 5.97 Å². The molecule has 0 amide bonds. The van der Waals surface area contributed by atoms with E-state index in [2.05, 4.69) is 154 Å². The minimum absolute atomic E-state index is 0. The smallest absolute Gasteiger partial charge is 0.302 e. The molecule has 0 saturated heterocycles. The third-order valence-electron chi connectivity index (χ3n) is 12.3. The van der Waals surface area contributed by atoms with Gasteiger partial charge in [-0.25, -0.2) is 0 Å². The van der Waals surface area contributed by atoms with Crippen molar-refractivity contribution in [1.29, 1.82) is 0 Å². The Morgan fingerprint density at radius 3 is 1.48 bits per heavy atom. The van der Waals surface area contributed by atoms with Crippen molar-refractivity contribution in [3.63, 3.8) is 0 Å². The molecule has 0 bridgehead atoms. The Balaban J connectivity index is 0.000000283. The summed E-state index contributed by atoms with van der Waals surface area (Å²) in [7, 11) is 8.32. The van der Waals surface area contributed by atoms with Crippen molar-refractivity contribution in [3.8, 4) is 24.2 Å². The average molecular weight is 801 g/mol. The van der Waals surface area contributed by atoms with Crippen LogP contribution in [0.4, 0.5) is 0 Å². The molecule has 1 fully saturated rings. The molecule has 7 rings (SSSR count). The molecule has 3 radical (unpaired) electrons. The third kappa shape index (κ3) is 13.7. The van der Waals surface area contributed by atoms with Crippen LogP contribution < -0.4 is 16.4 Å². The maximum absolute atomic E-state index is 10.8. The molecule has 3 heterocycles. The summed E-state index contributed by atoms with van der Waals surface area (Å²) < 4.78 is 4.11. The second-order valence-corrected chi connectivity index (χ2v) is 18.3. The molecule has 3 aromatic rings. The fourth-order valence-electron chi connectivity index (χ4n) is 8.01. The van der Waals surface area contributed by atoms with Gasteiger partial charge in [0.05, 0.1) is 7.11 Å². The molecule has 3 aliphatic heterocycles. The van der Waals surface area contributed by atoms with Gasteiger partial charge in [0.15, 0.2) is 21.8 Å². The van der Waals surface area contributed by atoms with Crippen LogP contribution in [0, 0.1) is 67.8 Å². The number of fused-ring (bicyclic) bond motifs is 3. The van der Waals surface area contributed by atoms with Gasteiger partial charge < -0.3 is 9.53 Å².